The average molecular weight is 169 g/mol. The van der Waals surface area contributed by atoms with E-state index in [0.29, 0.717) is 18.7 Å². The molecule has 2 rings (SSSR count). The fourth-order valence-corrected chi connectivity index (χ4v) is 1.32. The van der Waals surface area contributed by atoms with Crippen LogP contribution in [0.15, 0.2) is 11.8 Å². The first-order chi connectivity index (χ1) is 5.66. The molecule has 1 atom stereocenters. The Morgan fingerprint density at radius 2 is 2.50 bits per heavy atom. The first-order valence-corrected chi connectivity index (χ1v) is 3.56. The highest BCUT2D eigenvalue weighted by Gasteiger charge is 2.43. The largest absolute Gasteiger partial charge is 0.478 e. The number of ether oxygens (including phenoxy) is 1. The molecule has 12 heavy (non-hydrogen) atoms. The third kappa shape index (κ3) is 0.939. The quantitative estimate of drug-likeness (QED) is 0.426. The zero-order valence-corrected chi connectivity index (χ0v) is 6.19. The molecule has 5 heteroatoms. The van der Waals surface area contributed by atoms with Gasteiger partial charge in [0, 0.05) is 0 Å². The number of carbonyl (C=O) groups is 2. The van der Waals surface area contributed by atoms with Gasteiger partial charge in [-0.05, 0) is 0 Å². The number of carboxylic acid groups (broad SMARTS) is 1. The molecule has 0 spiro atoms. The monoisotopic (exact) mass is 169 g/mol. The minimum Gasteiger partial charge on any atom is -0.478 e. The van der Waals surface area contributed by atoms with E-state index < -0.39 is 5.97 Å². The van der Waals surface area contributed by atoms with Gasteiger partial charge >= 0.3 is 5.97 Å². The van der Waals surface area contributed by atoms with Crippen molar-refractivity contribution in [2.45, 2.75) is 12.6 Å². The predicted octanol–water partition coefficient (Wildman–Crippen LogP) is -0.456. The number of fused-ring (bicyclic) bond motifs is 1. The van der Waals surface area contributed by atoms with E-state index in [2.05, 4.69) is 0 Å². The van der Waals surface area contributed by atoms with Crippen LogP contribution in [0, 0.1) is 0 Å². The molecule has 5 nitrogen and oxygen atoms in total. The molecule has 2 aliphatic heterocycles. The Hall–Kier alpha value is -1.52. The minimum atomic E-state index is -1.04. The molecule has 64 valence electrons. The van der Waals surface area contributed by atoms with Crippen molar-refractivity contribution in [3.8, 4) is 0 Å². The summed E-state index contributed by atoms with van der Waals surface area (Å²) >= 11 is 0. The molecular formula is C7H7NO4. The second-order valence-electron chi connectivity index (χ2n) is 2.75. The summed E-state index contributed by atoms with van der Waals surface area (Å²) in [5, 5.41) is 8.37. The number of aliphatic carboxylic acids is 1. The summed E-state index contributed by atoms with van der Waals surface area (Å²) in [5.41, 5.74) is 0. The van der Waals surface area contributed by atoms with Crippen molar-refractivity contribution in [3.05, 3.63) is 11.8 Å². The molecule has 0 radical (unpaired) electrons. The smallest absolute Gasteiger partial charge is 0.331 e. The standard InChI is InChI=1S/C7H7NO4/c9-5-2-6-8(5)3-4(12-6)1-7(10)11/h1,6H,2-3H2,(H,10,11)/b4-1-. The van der Waals surface area contributed by atoms with E-state index >= 15 is 0 Å². The summed E-state index contributed by atoms with van der Waals surface area (Å²) in [6.07, 6.45) is 1.16. The van der Waals surface area contributed by atoms with E-state index in [4.69, 9.17) is 9.84 Å². The highest BCUT2D eigenvalue weighted by atomic mass is 16.5. The topological polar surface area (TPSA) is 66.8 Å². The maximum Gasteiger partial charge on any atom is 0.331 e. The van der Waals surface area contributed by atoms with Gasteiger partial charge in [0.05, 0.1) is 19.0 Å². The molecule has 0 bridgehead atoms. The van der Waals surface area contributed by atoms with E-state index in [1.54, 1.807) is 0 Å². The van der Waals surface area contributed by atoms with Crippen molar-refractivity contribution in [2.75, 3.05) is 6.54 Å². The molecule has 1 N–H and O–H groups in total. The van der Waals surface area contributed by atoms with Crippen LogP contribution in [0.1, 0.15) is 6.42 Å². The lowest BCUT2D eigenvalue weighted by Crippen LogP contribution is -2.48. The fourth-order valence-electron chi connectivity index (χ4n) is 1.32. The minimum absolute atomic E-state index is 0.0220. The lowest BCUT2D eigenvalue weighted by molar-refractivity contribution is -0.153. The maximum absolute atomic E-state index is 10.8. The Balaban J connectivity index is 2.07. The van der Waals surface area contributed by atoms with Gasteiger partial charge in [0.15, 0.2) is 6.23 Å². The van der Waals surface area contributed by atoms with Gasteiger partial charge in [0.1, 0.15) is 5.76 Å². The molecule has 1 amide bonds. The van der Waals surface area contributed by atoms with Gasteiger partial charge in [-0.2, -0.15) is 0 Å². The van der Waals surface area contributed by atoms with Gasteiger partial charge in [-0.1, -0.05) is 0 Å². The van der Waals surface area contributed by atoms with Crippen LogP contribution in [-0.4, -0.2) is 34.7 Å². The Labute approximate surface area is 68.2 Å². The van der Waals surface area contributed by atoms with Gasteiger partial charge in [-0.25, -0.2) is 4.79 Å². The zero-order chi connectivity index (χ0) is 8.72. The maximum atomic E-state index is 10.8. The molecule has 0 aromatic heterocycles. The number of nitrogens with zero attached hydrogens (tertiary/aromatic N) is 1. The van der Waals surface area contributed by atoms with Crippen molar-refractivity contribution in [3.63, 3.8) is 0 Å². The number of carbonyl (C=O) groups excluding carboxylic acids is 1. The average Bonchev–Trinajstić information content (AvgIpc) is 2.26. The lowest BCUT2D eigenvalue weighted by atomic mass is 10.2. The third-order valence-corrected chi connectivity index (χ3v) is 1.92. The molecule has 2 heterocycles. The summed E-state index contributed by atoms with van der Waals surface area (Å²) < 4.78 is 5.13. The summed E-state index contributed by atoms with van der Waals surface area (Å²) in [6, 6.07) is 0. The molecule has 0 aromatic rings. The van der Waals surface area contributed by atoms with E-state index in [1.165, 1.54) is 4.90 Å². The third-order valence-electron chi connectivity index (χ3n) is 1.92. The zero-order valence-electron chi connectivity index (χ0n) is 6.19. The van der Waals surface area contributed by atoms with Crippen LogP contribution in [0.2, 0.25) is 0 Å². The normalized spacial score (nSPS) is 29.7. The Bertz CT molecular complexity index is 283. The van der Waals surface area contributed by atoms with Crippen LogP contribution in [0.5, 0.6) is 0 Å². The lowest BCUT2D eigenvalue weighted by Gasteiger charge is -2.30. The van der Waals surface area contributed by atoms with Crippen LogP contribution in [0.3, 0.4) is 0 Å². The Kier molecular flexibility index (Phi) is 1.33. The summed E-state index contributed by atoms with van der Waals surface area (Å²) in [6.45, 7) is 0.301. The first-order valence-electron chi connectivity index (χ1n) is 3.56. The van der Waals surface area contributed by atoms with Crippen LogP contribution in [0.25, 0.3) is 0 Å². The van der Waals surface area contributed by atoms with Crippen molar-refractivity contribution < 1.29 is 19.4 Å². The molecule has 2 aliphatic rings. The second kappa shape index (κ2) is 2.23. The number of β-lactam (4-membered cyclic amide) rings is 1. The van der Waals surface area contributed by atoms with E-state index in [1.807, 2.05) is 0 Å². The second-order valence-corrected chi connectivity index (χ2v) is 2.75. The van der Waals surface area contributed by atoms with Crippen LogP contribution >= 0.6 is 0 Å². The number of hydrogen-bond donors (Lipinski definition) is 1. The highest BCUT2D eigenvalue weighted by Crippen LogP contribution is 2.30. The Morgan fingerprint density at radius 3 is 3.00 bits per heavy atom. The van der Waals surface area contributed by atoms with E-state index in [0.717, 1.165) is 6.08 Å². The molecule has 0 aliphatic carbocycles. The SMILES string of the molecule is O=C(O)/C=C1/CN2C(=O)CC2O1. The van der Waals surface area contributed by atoms with Crippen LogP contribution in [-0.2, 0) is 14.3 Å². The van der Waals surface area contributed by atoms with E-state index in [9.17, 15) is 9.59 Å². The van der Waals surface area contributed by atoms with Crippen LogP contribution in [0.4, 0.5) is 0 Å². The number of amides is 1. The highest BCUT2D eigenvalue weighted by molar-refractivity contribution is 5.84. The van der Waals surface area contributed by atoms with Gasteiger partial charge in [0.2, 0.25) is 5.91 Å². The van der Waals surface area contributed by atoms with Crippen molar-refractivity contribution in [1.29, 1.82) is 0 Å². The van der Waals surface area contributed by atoms with Crippen LogP contribution < -0.4 is 0 Å². The van der Waals surface area contributed by atoms with Crippen molar-refractivity contribution in [1.82, 2.24) is 4.90 Å². The van der Waals surface area contributed by atoms with Crippen molar-refractivity contribution >= 4 is 11.9 Å². The molecule has 0 aromatic carbocycles. The fraction of sp³-hybridized carbons (Fsp3) is 0.429. The van der Waals surface area contributed by atoms with Gasteiger partial charge in [-0.15, -0.1) is 0 Å². The summed E-state index contributed by atoms with van der Waals surface area (Å²) in [7, 11) is 0. The summed E-state index contributed by atoms with van der Waals surface area (Å²) in [5.74, 6) is -0.660. The van der Waals surface area contributed by atoms with Crippen molar-refractivity contribution in [2.24, 2.45) is 0 Å². The molecule has 0 saturated carbocycles. The first kappa shape index (κ1) is 7.15. The molecule has 2 fully saturated rings. The molecule has 2 saturated heterocycles. The molecular weight excluding hydrogens is 162 g/mol. The number of hydrogen-bond acceptors (Lipinski definition) is 3. The Morgan fingerprint density at radius 1 is 1.75 bits per heavy atom. The summed E-state index contributed by atoms with van der Waals surface area (Å²) in [4.78, 5) is 22.5. The van der Waals surface area contributed by atoms with E-state index in [-0.39, 0.29) is 12.1 Å². The number of rotatable bonds is 1. The molecule has 1 unspecified atom stereocenters. The van der Waals surface area contributed by atoms with Gasteiger partial charge in [-0.3, -0.25) is 9.69 Å². The number of carboxylic acids is 1. The van der Waals surface area contributed by atoms with Gasteiger partial charge < -0.3 is 9.84 Å². The van der Waals surface area contributed by atoms with Gasteiger partial charge in [0.25, 0.3) is 0 Å². The predicted molar refractivity (Wildman–Crippen MR) is 36.9 cm³/mol.